The van der Waals surface area contributed by atoms with Gasteiger partial charge in [0.15, 0.2) is 5.43 Å². The zero-order valence-electron chi connectivity index (χ0n) is 17.4. The Morgan fingerprint density at radius 2 is 1.55 bits per heavy atom. The minimum absolute atomic E-state index is 0.0186. The summed E-state index contributed by atoms with van der Waals surface area (Å²) in [5.74, 6) is 0.947. The SMILES string of the molecule is O=C(Cn1c2ccccc2c(=O)c2ccccc21)N/N=C/c1ccc(-c2ccc(I)cc2)o1. The van der Waals surface area contributed by atoms with Crippen LogP contribution in [0.3, 0.4) is 0 Å². The lowest BCUT2D eigenvalue weighted by molar-refractivity contribution is -0.121. The highest BCUT2D eigenvalue weighted by molar-refractivity contribution is 14.1. The van der Waals surface area contributed by atoms with Gasteiger partial charge in [-0.05, 0) is 71.1 Å². The first kappa shape index (κ1) is 21.1. The van der Waals surface area contributed by atoms with Crippen LogP contribution in [-0.2, 0) is 11.3 Å². The van der Waals surface area contributed by atoms with Gasteiger partial charge in [0, 0.05) is 19.9 Å². The molecule has 0 aliphatic heterocycles. The first-order chi connectivity index (χ1) is 16.1. The topological polar surface area (TPSA) is 76.6 Å². The van der Waals surface area contributed by atoms with Crippen LogP contribution in [-0.4, -0.2) is 16.7 Å². The van der Waals surface area contributed by atoms with E-state index in [-0.39, 0.29) is 17.9 Å². The molecule has 2 aromatic heterocycles. The van der Waals surface area contributed by atoms with Crippen LogP contribution >= 0.6 is 22.6 Å². The van der Waals surface area contributed by atoms with Crippen LogP contribution < -0.4 is 10.9 Å². The average molecular weight is 547 g/mol. The summed E-state index contributed by atoms with van der Waals surface area (Å²) >= 11 is 2.25. The van der Waals surface area contributed by atoms with Crippen LogP contribution in [0.2, 0.25) is 0 Å². The van der Waals surface area contributed by atoms with Gasteiger partial charge < -0.3 is 8.98 Å². The molecule has 0 atom stereocenters. The molecule has 0 spiro atoms. The first-order valence-electron chi connectivity index (χ1n) is 10.3. The lowest BCUT2D eigenvalue weighted by atomic mass is 10.1. The largest absolute Gasteiger partial charge is 0.455 e. The van der Waals surface area contributed by atoms with Crippen molar-refractivity contribution < 1.29 is 9.21 Å². The smallest absolute Gasteiger partial charge is 0.260 e. The van der Waals surface area contributed by atoms with Crippen LogP contribution in [0.15, 0.2) is 99.2 Å². The second-order valence-electron chi connectivity index (χ2n) is 7.45. The predicted octanol–water partition coefficient (Wildman–Crippen LogP) is 5.17. The summed E-state index contributed by atoms with van der Waals surface area (Å²) in [6, 6.07) is 26.2. The van der Waals surface area contributed by atoms with Gasteiger partial charge in [0.2, 0.25) is 0 Å². The monoisotopic (exact) mass is 547 g/mol. The zero-order valence-corrected chi connectivity index (χ0v) is 19.5. The Morgan fingerprint density at radius 1 is 0.909 bits per heavy atom. The Hall–Kier alpha value is -3.72. The summed E-state index contributed by atoms with van der Waals surface area (Å²) in [6.45, 7) is 0.0186. The van der Waals surface area contributed by atoms with Crippen LogP contribution in [0, 0.1) is 3.57 Å². The van der Waals surface area contributed by atoms with Gasteiger partial charge >= 0.3 is 0 Å². The van der Waals surface area contributed by atoms with Crippen LogP contribution in [0.1, 0.15) is 5.76 Å². The number of hydrazone groups is 1. The number of nitrogens with zero attached hydrogens (tertiary/aromatic N) is 2. The molecular weight excluding hydrogens is 529 g/mol. The molecule has 6 nitrogen and oxygen atoms in total. The molecule has 7 heteroatoms. The van der Waals surface area contributed by atoms with Crippen molar-refractivity contribution in [1.29, 1.82) is 0 Å². The average Bonchev–Trinajstić information content (AvgIpc) is 3.31. The highest BCUT2D eigenvalue weighted by Crippen LogP contribution is 2.22. The Kier molecular flexibility index (Phi) is 5.78. The minimum Gasteiger partial charge on any atom is -0.455 e. The lowest BCUT2D eigenvalue weighted by Crippen LogP contribution is -2.25. The lowest BCUT2D eigenvalue weighted by Gasteiger charge is -2.14. The number of hydrogen-bond acceptors (Lipinski definition) is 4. The van der Waals surface area contributed by atoms with Crippen molar-refractivity contribution in [3.05, 3.63) is 104 Å². The van der Waals surface area contributed by atoms with Gasteiger partial charge in [0.25, 0.3) is 5.91 Å². The standard InChI is InChI=1S/C26H18IN3O3/c27-18-11-9-17(10-12-18)24-14-13-19(33-24)15-28-29-25(31)16-30-22-7-3-1-5-20(22)26(32)21-6-2-4-8-23(21)30/h1-15H,16H2,(H,29,31)/b28-15+. The van der Waals surface area contributed by atoms with Crippen molar-refractivity contribution in [2.45, 2.75) is 6.54 Å². The van der Waals surface area contributed by atoms with E-state index < -0.39 is 0 Å². The van der Waals surface area contributed by atoms with Crippen molar-refractivity contribution in [2.75, 3.05) is 0 Å². The van der Waals surface area contributed by atoms with Gasteiger partial charge in [-0.1, -0.05) is 36.4 Å². The Labute approximate surface area is 202 Å². The number of pyridine rings is 1. The number of nitrogens with one attached hydrogen (secondary N) is 1. The number of halogens is 1. The second kappa shape index (κ2) is 9.03. The third-order valence-electron chi connectivity index (χ3n) is 5.32. The molecule has 0 fully saturated rings. The van der Waals surface area contributed by atoms with Crippen molar-refractivity contribution >= 4 is 56.5 Å². The zero-order chi connectivity index (χ0) is 22.8. The number of para-hydroxylation sites is 2. The van der Waals surface area contributed by atoms with E-state index >= 15 is 0 Å². The van der Waals surface area contributed by atoms with Gasteiger partial charge in [-0.15, -0.1) is 0 Å². The van der Waals surface area contributed by atoms with Crippen molar-refractivity contribution in [3.63, 3.8) is 0 Å². The quantitative estimate of drug-likeness (QED) is 0.143. The summed E-state index contributed by atoms with van der Waals surface area (Å²) in [6.07, 6.45) is 1.47. The van der Waals surface area contributed by atoms with E-state index in [2.05, 4.69) is 33.1 Å². The van der Waals surface area contributed by atoms with Crippen molar-refractivity contribution in [3.8, 4) is 11.3 Å². The molecular formula is C26H18IN3O3. The fourth-order valence-electron chi connectivity index (χ4n) is 3.79. The summed E-state index contributed by atoms with van der Waals surface area (Å²) in [4.78, 5) is 25.5. The van der Waals surface area contributed by atoms with Gasteiger partial charge in [0.1, 0.15) is 18.1 Å². The van der Waals surface area contributed by atoms with Crippen LogP contribution in [0.25, 0.3) is 33.1 Å². The number of amides is 1. The molecule has 0 aliphatic carbocycles. The Balaban J connectivity index is 1.36. The summed E-state index contributed by atoms with van der Waals surface area (Å²) in [5, 5.41) is 5.19. The maximum absolute atomic E-state index is 12.8. The van der Waals surface area contributed by atoms with Gasteiger partial charge in [-0.2, -0.15) is 5.10 Å². The number of aromatic nitrogens is 1. The van der Waals surface area contributed by atoms with E-state index in [4.69, 9.17) is 4.42 Å². The van der Waals surface area contributed by atoms with Gasteiger partial charge in [0.05, 0.1) is 17.2 Å². The Morgan fingerprint density at radius 3 is 2.21 bits per heavy atom. The minimum atomic E-state index is -0.311. The predicted molar refractivity (Wildman–Crippen MR) is 138 cm³/mol. The molecule has 0 radical (unpaired) electrons. The van der Waals surface area contributed by atoms with E-state index in [1.807, 2.05) is 71.3 Å². The number of benzene rings is 3. The molecule has 33 heavy (non-hydrogen) atoms. The number of rotatable bonds is 5. The molecule has 0 saturated carbocycles. The molecule has 0 saturated heterocycles. The molecule has 162 valence electrons. The molecule has 0 unspecified atom stereocenters. The molecule has 3 aromatic carbocycles. The molecule has 5 aromatic rings. The van der Waals surface area contributed by atoms with E-state index in [0.29, 0.717) is 27.6 Å². The van der Waals surface area contributed by atoms with Gasteiger partial charge in [-0.25, -0.2) is 5.43 Å². The highest BCUT2D eigenvalue weighted by Gasteiger charge is 2.12. The normalized spacial score (nSPS) is 11.4. The molecule has 1 N–H and O–H groups in total. The molecule has 2 heterocycles. The maximum Gasteiger partial charge on any atom is 0.260 e. The van der Waals surface area contributed by atoms with Crippen LogP contribution in [0.4, 0.5) is 0 Å². The third kappa shape index (κ3) is 4.31. The number of fused-ring (bicyclic) bond motifs is 2. The maximum atomic E-state index is 12.8. The fraction of sp³-hybridized carbons (Fsp3) is 0.0385. The first-order valence-corrected chi connectivity index (χ1v) is 11.4. The van der Waals surface area contributed by atoms with Gasteiger partial charge in [-0.3, -0.25) is 9.59 Å². The van der Waals surface area contributed by atoms with Crippen LogP contribution in [0.5, 0.6) is 0 Å². The number of carbonyl (C=O) groups excluding carboxylic acids is 1. The Bertz CT molecular complexity index is 1510. The summed E-state index contributed by atoms with van der Waals surface area (Å²) in [7, 11) is 0. The van der Waals surface area contributed by atoms with Crippen molar-refractivity contribution in [1.82, 2.24) is 9.99 Å². The van der Waals surface area contributed by atoms with E-state index in [1.54, 1.807) is 18.2 Å². The highest BCUT2D eigenvalue weighted by atomic mass is 127. The molecule has 1 amide bonds. The molecule has 0 aliphatic rings. The third-order valence-corrected chi connectivity index (χ3v) is 6.04. The van der Waals surface area contributed by atoms with E-state index in [9.17, 15) is 9.59 Å². The van der Waals surface area contributed by atoms with E-state index in [0.717, 1.165) is 14.9 Å². The fourth-order valence-corrected chi connectivity index (χ4v) is 4.15. The number of carbonyl (C=O) groups is 1. The second-order valence-corrected chi connectivity index (χ2v) is 8.70. The van der Waals surface area contributed by atoms with E-state index in [1.165, 1.54) is 6.21 Å². The molecule has 5 rings (SSSR count). The summed E-state index contributed by atoms with van der Waals surface area (Å²) < 4.78 is 8.78. The molecule has 0 bridgehead atoms. The number of furan rings is 1. The number of hydrogen-bond donors (Lipinski definition) is 1. The van der Waals surface area contributed by atoms with Crippen molar-refractivity contribution in [2.24, 2.45) is 5.10 Å². The summed E-state index contributed by atoms with van der Waals surface area (Å²) in [5.41, 5.74) is 4.88.